The molecule has 0 atom stereocenters. The Labute approximate surface area is 108 Å². The fraction of sp³-hybridized carbons (Fsp3) is 0. The van der Waals surface area contributed by atoms with E-state index in [0.29, 0.717) is 15.7 Å². The maximum absolute atomic E-state index is 6.05. The Morgan fingerprint density at radius 3 is 2.75 bits per heavy atom. The number of halogens is 2. The van der Waals surface area contributed by atoms with E-state index in [9.17, 15) is 0 Å². The zero-order valence-electron chi connectivity index (χ0n) is 8.15. The summed E-state index contributed by atoms with van der Waals surface area (Å²) in [7, 11) is 0. The van der Waals surface area contributed by atoms with Crippen LogP contribution in [-0.4, -0.2) is 4.98 Å². The number of nitrogens with two attached hydrogens (primary N) is 1. The van der Waals surface area contributed by atoms with Gasteiger partial charge in [0, 0.05) is 16.1 Å². The van der Waals surface area contributed by atoms with Crippen LogP contribution >= 0.6 is 35.0 Å². The summed E-state index contributed by atoms with van der Waals surface area (Å²) in [5, 5.41) is 2.01. The Balaban J connectivity index is 2.34. The van der Waals surface area contributed by atoms with Crippen molar-refractivity contribution in [3.63, 3.8) is 0 Å². The van der Waals surface area contributed by atoms with E-state index in [4.69, 9.17) is 28.9 Å². The lowest BCUT2D eigenvalue weighted by molar-refractivity contribution is 1.14. The molecule has 2 rings (SSSR count). The molecular formula is C11H8Cl2N2S. The van der Waals surface area contributed by atoms with E-state index in [1.807, 2.05) is 0 Å². The first kappa shape index (κ1) is 11.6. The molecule has 0 aliphatic heterocycles. The van der Waals surface area contributed by atoms with Crippen LogP contribution in [0.3, 0.4) is 0 Å². The minimum atomic E-state index is 0.628. The van der Waals surface area contributed by atoms with Gasteiger partial charge in [0.05, 0.1) is 10.7 Å². The summed E-state index contributed by atoms with van der Waals surface area (Å²) in [6.45, 7) is 0. The van der Waals surface area contributed by atoms with Crippen molar-refractivity contribution < 1.29 is 0 Å². The lowest BCUT2D eigenvalue weighted by atomic mass is 10.4. The molecule has 0 aliphatic rings. The summed E-state index contributed by atoms with van der Waals surface area (Å²) in [4.78, 5) is 5.03. The van der Waals surface area contributed by atoms with Gasteiger partial charge >= 0.3 is 0 Å². The van der Waals surface area contributed by atoms with E-state index >= 15 is 0 Å². The van der Waals surface area contributed by atoms with Crippen molar-refractivity contribution in [3.05, 3.63) is 46.6 Å². The third-order valence-electron chi connectivity index (χ3n) is 1.90. The van der Waals surface area contributed by atoms with E-state index in [0.717, 1.165) is 9.92 Å². The highest BCUT2D eigenvalue weighted by molar-refractivity contribution is 7.99. The lowest BCUT2D eigenvalue weighted by Crippen LogP contribution is -1.90. The highest BCUT2D eigenvalue weighted by Crippen LogP contribution is 2.36. The predicted molar refractivity (Wildman–Crippen MR) is 69.2 cm³/mol. The standard InChI is InChI=1S/C11H8Cl2N2S/c12-7-3-4-8(13)10(6-7)16-11-9(14)2-1-5-15-11/h1-6H,14H2. The summed E-state index contributed by atoms with van der Waals surface area (Å²) in [5.41, 5.74) is 6.43. The summed E-state index contributed by atoms with van der Waals surface area (Å²) in [6, 6.07) is 8.89. The van der Waals surface area contributed by atoms with Gasteiger partial charge < -0.3 is 5.73 Å². The summed E-state index contributed by atoms with van der Waals surface area (Å²) < 4.78 is 0. The maximum Gasteiger partial charge on any atom is 0.124 e. The Hall–Kier alpha value is -0.900. The molecule has 2 aromatic rings. The van der Waals surface area contributed by atoms with Crippen LogP contribution in [-0.2, 0) is 0 Å². The van der Waals surface area contributed by atoms with Gasteiger partial charge in [-0.15, -0.1) is 0 Å². The molecule has 0 unspecified atom stereocenters. The molecule has 16 heavy (non-hydrogen) atoms. The van der Waals surface area contributed by atoms with Crippen LogP contribution in [0.5, 0.6) is 0 Å². The Morgan fingerprint density at radius 2 is 2.00 bits per heavy atom. The third kappa shape index (κ3) is 2.61. The SMILES string of the molecule is Nc1cccnc1Sc1cc(Cl)ccc1Cl. The second-order valence-corrected chi connectivity index (χ2v) is 4.95. The molecule has 0 radical (unpaired) electrons. The van der Waals surface area contributed by atoms with Crippen LogP contribution in [0.2, 0.25) is 10.0 Å². The quantitative estimate of drug-likeness (QED) is 0.892. The first-order chi connectivity index (χ1) is 7.66. The Kier molecular flexibility index (Phi) is 3.59. The van der Waals surface area contributed by atoms with Gasteiger partial charge in [0.15, 0.2) is 0 Å². The van der Waals surface area contributed by atoms with Gasteiger partial charge in [0.25, 0.3) is 0 Å². The van der Waals surface area contributed by atoms with Crippen LogP contribution in [0.4, 0.5) is 5.69 Å². The van der Waals surface area contributed by atoms with E-state index in [2.05, 4.69) is 4.98 Å². The van der Waals surface area contributed by atoms with Gasteiger partial charge in [-0.05, 0) is 30.3 Å². The summed E-state index contributed by atoms with van der Waals surface area (Å²) in [6.07, 6.45) is 1.69. The van der Waals surface area contributed by atoms with Crippen molar-refractivity contribution in [2.75, 3.05) is 5.73 Å². The number of aromatic nitrogens is 1. The zero-order chi connectivity index (χ0) is 11.5. The number of benzene rings is 1. The molecule has 0 spiro atoms. The number of rotatable bonds is 2. The fourth-order valence-corrected chi connectivity index (χ4v) is 2.48. The molecule has 0 saturated heterocycles. The number of pyridine rings is 1. The number of hydrogen-bond acceptors (Lipinski definition) is 3. The highest BCUT2D eigenvalue weighted by atomic mass is 35.5. The van der Waals surface area contributed by atoms with Crippen LogP contribution in [0, 0.1) is 0 Å². The van der Waals surface area contributed by atoms with Gasteiger partial charge in [-0.3, -0.25) is 0 Å². The smallest absolute Gasteiger partial charge is 0.124 e. The van der Waals surface area contributed by atoms with Crippen molar-refractivity contribution in [1.29, 1.82) is 0 Å². The zero-order valence-corrected chi connectivity index (χ0v) is 10.5. The predicted octanol–water partition coefficient (Wildman–Crippen LogP) is 4.12. The second kappa shape index (κ2) is 4.95. The first-order valence-corrected chi connectivity index (χ1v) is 6.07. The van der Waals surface area contributed by atoms with E-state index in [-0.39, 0.29) is 0 Å². The molecular weight excluding hydrogens is 263 g/mol. The van der Waals surface area contributed by atoms with E-state index in [1.54, 1.807) is 36.5 Å². The van der Waals surface area contributed by atoms with Gasteiger partial charge in [-0.2, -0.15) is 0 Å². The first-order valence-electron chi connectivity index (χ1n) is 4.50. The van der Waals surface area contributed by atoms with Gasteiger partial charge in [-0.1, -0.05) is 35.0 Å². The van der Waals surface area contributed by atoms with Crippen LogP contribution < -0.4 is 5.73 Å². The number of nitrogens with zero attached hydrogens (tertiary/aromatic N) is 1. The Bertz CT molecular complexity index is 517. The van der Waals surface area contributed by atoms with Gasteiger partial charge in [-0.25, -0.2) is 4.98 Å². The maximum atomic E-state index is 6.05. The molecule has 2 N–H and O–H groups in total. The van der Waals surface area contributed by atoms with Crippen LogP contribution in [0.15, 0.2) is 46.5 Å². The molecule has 2 nitrogen and oxygen atoms in total. The van der Waals surface area contributed by atoms with Gasteiger partial charge in [0.2, 0.25) is 0 Å². The molecule has 0 bridgehead atoms. The molecule has 1 aromatic carbocycles. The van der Waals surface area contributed by atoms with Crippen molar-refractivity contribution in [2.45, 2.75) is 9.92 Å². The largest absolute Gasteiger partial charge is 0.397 e. The van der Waals surface area contributed by atoms with Crippen molar-refractivity contribution in [2.24, 2.45) is 0 Å². The topological polar surface area (TPSA) is 38.9 Å². The average molecular weight is 271 g/mol. The van der Waals surface area contributed by atoms with E-state index in [1.165, 1.54) is 11.8 Å². The molecule has 0 amide bonds. The van der Waals surface area contributed by atoms with Crippen molar-refractivity contribution >= 4 is 40.7 Å². The Morgan fingerprint density at radius 1 is 1.19 bits per heavy atom. The fourth-order valence-electron chi connectivity index (χ4n) is 1.15. The number of hydrogen-bond donors (Lipinski definition) is 1. The average Bonchev–Trinajstić information content (AvgIpc) is 2.27. The normalized spacial score (nSPS) is 10.4. The van der Waals surface area contributed by atoms with Crippen LogP contribution in [0.1, 0.15) is 0 Å². The van der Waals surface area contributed by atoms with Gasteiger partial charge in [0.1, 0.15) is 5.03 Å². The molecule has 0 aliphatic carbocycles. The number of anilines is 1. The number of nitrogen functional groups attached to an aromatic ring is 1. The molecule has 0 fully saturated rings. The monoisotopic (exact) mass is 270 g/mol. The third-order valence-corrected chi connectivity index (χ3v) is 3.67. The molecule has 5 heteroatoms. The van der Waals surface area contributed by atoms with Crippen molar-refractivity contribution in [3.8, 4) is 0 Å². The van der Waals surface area contributed by atoms with E-state index < -0.39 is 0 Å². The van der Waals surface area contributed by atoms with Crippen molar-refractivity contribution in [1.82, 2.24) is 4.98 Å². The molecule has 82 valence electrons. The highest BCUT2D eigenvalue weighted by Gasteiger charge is 2.06. The minimum Gasteiger partial charge on any atom is -0.397 e. The second-order valence-electron chi connectivity index (χ2n) is 3.07. The molecule has 1 aromatic heterocycles. The lowest BCUT2D eigenvalue weighted by Gasteiger charge is -2.05. The molecule has 0 saturated carbocycles. The summed E-state index contributed by atoms with van der Waals surface area (Å²) in [5.74, 6) is 0. The minimum absolute atomic E-state index is 0.628. The van der Waals surface area contributed by atoms with Crippen LogP contribution in [0.25, 0.3) is 0 Å². The summed E-state index contributed by atoms with van der Waals surface area (Å²) >= 11 is 13.4. The molecule has 1 heterocycles.